The fraction of sp³-hybridized carbons (Fsp3) is 0.261. The zero-order valence-electron chi connectivity index (χ0n) is 17.2. The monoisotopic (exact) mass is 540 g/mol. The van der Waals surface area contributed by atoms with Gasteiger partial charge in [0.15, 0.2) is 5.78 Å². The van der Waals surface area contributed by atoms with Crippen LogP contribution in [-0.4, -0.2) is 54.2 Å². The predicted molar refractivity (Wildman–Crippen MR) is 132 cm³/mol. The molecule has 1 saturated heterocycles. The van der Waals surface area contributed by atoms with Crippen molar-refractivity contribution in [1.82, 2.24) is 9.80 Å². The summed E-state index contributed by atoms with van der Waals surface area (Å²) < 4.78 is 6.14. The number of fused-ring (bicyclic) bond motifs is 1. The summed E-state index contributed by atoms with van der Waals surface area (Å²) in [6.45, 7) is 3.18. The smallest absolute Gasteiger partial charge is 0.347 e. The van der Waals surface area contributed by atoms with Gasteiger partial charge in [-0.25, -0.2) is 4.79 Å². The largest absolute Gasteiger partial charge is 0.422 e. The van der Waals surface area contributed by atoms with Crippen LogP contribution in [0.5, 0.6) is 0 Å². The fourth-order valence-electron chi connectivity index (χ4n) is 3.62. The van der Waals surface area contributed by atoms with Crippen LogP contribution in [0.15, 0.2) is 68.3 Å². The van der Waals surface area contributed by atoms with E-state index < -0.39 is 5.63 Å². The van der Waals surface area contributed by atoms with Crippen molar-refractivity contribution in [2.45, 2.75) is 6.42 Å². The highest BCUT2D eigenvalue weighted by atomic mass is 79.9. The zero-order chi connectivity index (χ0) is 21.1. The molecule has 0 atom stereocenters. The van der Waals surface area contributed by atoms with E-state index in [1.165, 1.54) is 0 Å². The summed E-state index contributed by atoms with van der Waals surface area (Å²) in [5.41, 5.74) is 0.626. The maximum Gasteiger partial charge on any atom is 0.347 e. The van der Waals surface area contributed by atoms with E-state index >= 15 is 0 Å². The lowest BCUT2D eigenvalue weighted by molar-refractivity contribution is 0.0628. The first-order valence-electron chi connectivity index (χ1n) is 9.84. The summed E-state index contributed by atoms with van der Waals surface area (Å²) in [7, 11) is 0. The second-order valence-electron chi connectivity index (χ2n) is 7.30. The summed E-state index contributed by atoms with van der Waals surface area (Å²) in [4.78, 5) is 41.4. The Kier molecular flexibility index (Phi) is 9.46. The molecule has 0 unspecified atom stereocenters. The number of benzene rings is 2. The highest BCUT2D eigenvalue weighted by Crippen LogP contribution is 2.20. The van der Waals surface area contributed by atoms with Gasteiger partial charge in [0.1, 0.15) is 11.1 Å². The van der Waals surface area contributed by atoms with Gasteiger partial charge >= 0.3 is 5.63 Å². The van der Waals surface area contributed by atoms with Crippen LogP contribution in [0.2, 0.25) is 0 Å². The number of piperazine rings is 1. The van der Waals surface area contributed by atoms with Crippen molar-refractivity contribution in [1.29, 1.82) is 0 Å². The number of carbonyl (C=O) groups excluding carboxylic acids is 2. The molecule has 2 heterocycles. The third kappa shape index (κ3) is 5.98. The van der Waals surface area contributed by atoms with Crippen LogP contribution in [0.1, 0.15) is 27.1 Å². The molecule has 0 N–H and O–H groups in total. The van der Waals surface area contributed by atoms with Gasteiger partial charge in [-0.05, 0) is 36.4 Å². The van der Waals surface area contributed by atoms with Crippen molar-refractivity contribution in [3.05, 3.63) is 80.6 Å². The van der Waals surface area contributed by atoms with Crippen LogP contribution in [0.4, 0.5) is 0 Å². The van der Waals surface area contributed by atoms with Crippen LogP contribution in [0, 0.1) is 0 Å². The molecule has 3 aromatic rings. The second-order valence-corrected chi connectivity index (χ2v) is 8.22. The average Bonchev–Trinajstić information content (AvgIpc) is 2.77. The van der Waals surface area contributed by atoms with Gasteiger partial charge in [0, 0.05) is 54.6 Å². The molecule has 170 valence electrons. The Labute approximate surface area is 206 Å². The van der Waals surface area contributed by atoms with Crippen molar-refractivity contribution in [2.24, 2.45) is 0 Å². The van der Waals surface area contributed by atoms with Crippen LogP contribution < -0.4 is 5.63 Å². The maximum atomic E-state index is 12.6. The van der Waals surface area contributed by atoms with Gasteiger partial charge in [-0.2, -0.15) is 0 Å². The lowest BCUT2D eigenvalue weighted by Crippen LogP contribution is -2.49. The maximum absolute atomic E-state index is 12.6. The Morgan fingerprint density at radius 1 is 0.938 bits per heavy atom. The Balaban J connectivity index is 0.00000181. The van der Waals surface area contributed by atoms with E-state index in [-0.39, 0.29) is 48.5 Å². The normalized spacial score (nSPS) is 13.8. The first kappa shape index (κ1) is 26.1. The Morgan fingerprint density at radius 3 is 2.31 bits per heavy atom. The SMILES string of the molecule is Cl.Cl.O=C(CCN1CCN(C(=O)c2ccccc2)CC1)c1cc2cc(Br)ccc2oc1=O. The molecule has 32 heavy (non-hydrogen) atoms. The number of carbonyl (C=O) groups is 2. The van der Waals surface area contributed by atoms with Crippen molar-refractivity contribution >= 4 is 63.4 Å². The molecule has 1 aromatic heterocycles. The first-order valence-corrected chi connectivity index (χ1v) is 10.6. The molecular weight excluding hydrogens is 519 g/mol. The highest BCUT2D eigenvalue weighted by Gasteiger charge is 2.23. The van der Waals surface area contributed by atoms with Gasteiger partial charge in [0.05, 0.1) is 0 Å². The molecule has 1 fully saturated rings. The highest BCUT2D eigenvalue weighted by molar-refractivity contribution is 9.10. The number of halogens is 3. The van der Waals surface area contributed by atoms with E-state index in [4.69, 9.17) is 4.42 Å². The van der Waals surface area contributed by atoms with Gasteiger partial charge in [-0.1, -0.05) is 34.1 Å². The molecular formula is C23H23BrCl2N2O4. The molecule has 0 radical (unpaired) electrons. The molecule has 0 bridgehead atoms. The van der Waals surface area contributed by atoms with Crippen molar-refractivity contribution in [3.63, 3.8) is 0 Å². The number of Topliss-reactive ketones (excluding diaryl/α,β-unsaturated/α-hetero) is 1. The predicted octanol–water partition coefficient (Wildman–Crippen LogP) is 4.43. The Hall–Kier alpha value is -2.19. The minimum absolute atomic E-state index is 0. The lowest BCUT2D eigenvalue weighted by Gasteiger charge is -2.34. The van der Waals surface area contributed by atoms with Gasteiger partial charge in [-0.15, -0.1) is 24.8 Å². The lowest BCUT2D eigenvalue weighted by atomic mass is 10.1. The summed E-state index contributed by atoms with van der Waals surface area (Å²) in [5, 5.41) is 0.709. The van der Waals surface area contributed by atoms with E-state index in [1.807, 2.05) is 41.3 Å². The Morgan fingerprint density at radius 2 is 1.62 bits per heavy atom. The van der Waals surface area contributed by atoms with Crippen LogP contribution in [-0.2, 0) is 0 Å². The van der Waals surface area contributed by atoms with Gasteiger partial charge in [0.25, 0.3) is 5.91 Å². The summed E-state index contributed by atoms with van der Waals surface area (Å²) >= 11 is 3.39. The van der Waals surface area contributed by atoms with Crippen LogP contribution in [0.3, 0.4) is 0 Å². The van der Waals surface area contributed by atoms with Gasteiger partial charge in [0.2, 0.25) is 0 Å². The van der Waals surface area contributed by atoms with Gasteiger partial charge < -0.3 is 9.32 Å². The quantitative estimate of drug-likeness (QED) is 0.353. The van der Waals surface area contributed by atoms with Crippen LogP contribution >= 0.6 is 40.7 Å². The van der Waals surface area contributed by atoms with Gasteiger partial charge in [-0.3, -0.25) is 14.5 Å². The van der Waals surface area contributed by atoms with E-state index in [0.717, 1.165) is 4.47 Å². The number of hydrogen-bond acceptors (Lipinski definition) is 5. The van der Waals surface area contributed by atoms with E-state index in [0.29, 0.717) is 49.3 Å². The van der Waals surface area contributed by atoms with Crippen LogP contribution in [0.25, 0.3) is 11.0 Å². The van der Waals surface area contributed by atoms with Crippen molar-refractivity contribution in [2.75, 3.05) is 32.7 Å². The van der Waals surface area contributed by atoms with E-state index in [2.05, 4.69) is 20.8 Å². The molecule has 1 aliphatic heterocycles. The molecule has 2 aromatic carbocycles. The molecule has 0 spiro atoms. The number of nitrogens with zero attached hydrogens (tertiary/aromatic N) is 2. The number of ketones is 1. The summed E-state index contributed by atoms with van der Waals surface area (Å²) in [5.74, 6) is -0.195. The van der Waals surface area contributed by atoms with E-state index in [9.17, 15) is 14.4 Å². The molecule has 4 rings (SSSR count). The standard InChI is InChI=1S/C23H21BrN2O4.2ClH/c24-18-6-7-21-17(14-18)15-19(23(29)30-21)20(27)8-9-25-10-12-26(13-11-25)22(28)16-4-2-1-3-5-16;;/h1-7,14-15H,8-13H2;2*1H. The molecule has 6 nitrogen and oxygen atoms in total. The van der Waals surface area contributed by atoms with Crippen molar-refractivity contribution in [3.8, 4) is 0 Å². The zero-order valence-corrected chi connectivity index (χ0v) is 20.4. The van der Waals surface area contributed by atoms with E-state index in [1.54, 1.807) is 18.2 Å². The number of hydrogen-bond donors (Lipinski definition) is 0. The molecule has 1 amide bonds. The minimum Gasteiger partial charge on any atom is -0.422 e. The molecule has 0 saturated carbocycles. The minimum atomic E-state index is -0.604. The fourth-order valence-corrected chi connectivity index (χ4v) is 4.00. The summed E-state index contributed by atoms with van der Waals surface area (Å²) in [6.07, 6.45) is 0.233. The third-order valence-electron chi connectivity index (χ3n) is 5.33. The third-order valence-corrected chi connectivity index (χ3v) is 5.82. The molecule has 0 aliphatic carbocycles. The Bertz CT molecular complexity index is 1150. The number of amides is 1. The topological polar surface area (TPSA) is 70.8 Å². The average molecular weight is 542 g/mol. The second kappa shape index (κ2) is 11.6. The van der Waals surface area contributed by atoms with Crippen molar-refractivity contribution < 1.29 is 14.0 Å². The first-order chi connectivity index (χ1) is 14.5. The summed E-state index contributed by atoms with van der Waals surface area (Å²) in [6, 6.07) is 16.2. The molecule has 9 heteroatoms. The molecule has 1 aliphatic rings. The number of rotatable bonds is 5.